The van der Waals surface area contributed by atoms with Gasteiger partial charge in [0.15, 0.2) is 0 Å². The van der Waals surface area contributed by atoms with Crippen LogP contribution in [0.3, 0.4) is 0 Å². The molecule has 0 aliphatic rings. The van der Waals surface area contributed by atoms with Gasteiger partial charge in [-0.05, 0) is 32.0 Å². The summed E-state index contributed by atoms with van der Waals surface area (Å²) in [5.74, 6) is -0.429. The monoisotopic (exact) mass is 249 g/mol. The number of rotatable bonds is 4. The van der Waals surface area contributed by atoms with E-state index >= 15 is 0 Å². The Morgan fingerprint density at radius 1 is 1.40 bits per heavy atom. The summed E-state index contributed by atoms with van der Waals surface area (Å²) in [7, 11) is 0. The van der Waals surface area contributed by atoms with E-state index in [9.17, 15) is 4.39 Å². The van der Waals surface area contributed by atoms with Gasteiger partial charge < -0.3 is 5.32 Å². The molecule has 0 aromatic heterocycles. The highest BCUT2D eigenvalue weighted by molar-refractivity contribution is 6.36. The molecule has 0 radical (unpaired) electrons. The first-order valence-electron chi connectivity index (χ1n) is 4.94. The largest absolute Gasteiger partial charge is 0.310 e. The lowest BCUT2D eigenvalue weighted by Gasteiger charge is -2.17. The predicted molar refractivity (Wildman–Crippen MR) is 63.1 cm³/mol. The summed E-state index contributed by atoms with van der Waals surface area (Å²) in [5.41, 5.74) is 0.631. The van der Waals surface area contributed by atoms with E-state index in [0.29, 0.717) is 10.6 Å². The van der Waals surface area contributed by atoms with Crippen LogP contribution in [-0.2, 0) is 0 Å². The molecule has 1 atom stereocenters. The van der Waals surface area contributed by atoms with Gasteiger partial charge in [0.1, 0.15) is 5.82 Å². The Morgan fingerprint density at radius 2 is 2.07 bits per heavy atom. The molecule has 1 aromatic carbocycles. The van der Waals surface area contributed by atoms with Crippen LogP contribution in [-0.4, -0.2) is 6.54 Å². The molecule has 0 saturated heterocycles. The smallest absolute Gasteiger partial charge is 0.142 e. The predicted octanol–water partition coefficient (Wildman–Crippen LogP) is 4.19. The average Bonchev–Trinajstić information content (AvgIpc) is 2.21. The Hall–Kier alpha value is -0.310. The molecule has 0 aliphatic heterocycles. The quantitative estimate of drug-likeness (QED) is 0.790. The zero-order valence-corrected chi connectivity index (χ0v) is 10.3. The van der Waals surface area contributed by atoms with Gasteiger partial charge in [-0.1, -0.05) is 30.1 Å². The summed E-state index contributed by atoms with van der Waals surface area (Å²) in [6.45, 7) is 4.83. The summed E-state index contributed by atoms with van der Waals surface area (Å²) in [4.78, 5) is 0. The molecule has 1 nitrogen and oxygen atoms in total. The van der Waals surface area contributed by atoms with E-state index in [0.717, 1.165) is 13.0 Å². The molecule has 0 bridgehead atoms. The van der Waals surface area contributed by atoms with Crippen LogP contribution in [0.2, 0.25) is 10.0 Å². The maximum Gasteiger partial charge on any atom is 0.142 e. The standard InChI is InChI=1S/C11H14Cl2FN/c1-3-6-15-7(2)10-8(12)4-5-9(14)11(10)13/h4-5,7,15H,3,6H2,1-2H3. The van der Waals surface area contributed by atoms with Crippen molar-refractivity contribution < 1.29 is 4.39 Å². The third-order valence-corrected chi connectivity index (χ3v) is 2.93. The minimum absolute atomic E-state index is 0.0411. The van der Waals surface area contributed by atoms with Gasteiger partial charge in [0.25, 0.3) is 0 Å². The van der Waals surface area contributed by atoms with Crippen LogP contribution in [0.5, 0.6) is 0 Å². The fourth-order valence-corrected chi connectivity index (χ4v) is 2.10. The fraction of sp³-hybridized carbons (Fsp3) is 0.455. The molecule has 0 amide bonds. The molecular formula is C11H14Cl2FN. The molecule has 4 heteroatoms. The number of hydrogen-bond acceptors (Lipinski definition) is 1. The van der Waals surface area contributed by atoms with Crippen molar-refractivity contribution in [3.05, 3.63) is 33.6 Å². The Morgan fingerprint density at radius 3 is 2.67 bits per heavy atom. The maximum absolute atomic E-state index is 13.2. The molecule has 15 heavy (non-hydrogen) atoms. The van der Waals surface area contributed by atoms with Crippen molar-refractivity contribution in [1.29, 1.82) is 0 Å². The molecule has 84 valence electrons. The second-order valence-electron chi connectivity index (χ2n) is 3.43. The topological polar surface area (TPSA) is 12.0 Å². The third-order valence-electron chi connectivity index (χ3n) is 2.21. The lowest BCUT2D eigenvalue weighted by Crippen LogP contribution is -2.20. The van der Waals surface area contributed by atoms with Crippen molar-refractivity contribution >= 4 is 23.2 Å². The second-order valence-corrected chi connectivity index (χ2v) is 4.22. The number of halogens is 3. The molecule has 0 saturated carbocycles. The highest BCUT2D eigenvalue weighted by Gasteiger charge is 2.16. The molecule has 0 aliphatic carbocycles. The van der Waals surface area contributed by atoms with Crippen molar-refractivity contribution in [2.75, 3.05) is 6.54 Å². The molecule has 0 heterocycles. The maximum atomic E-state index is 13.2. The molecule has 1 unspecified atom stereocenters. The van der Waals surface area contributed by atoms with Crippen molar-refractivity contribution in [2.45, 2.75) is 26.3 Å². The van der Waals surface area contributed by atoms with Gasteiger partial charge in [0, 0.05) is 16.6 Å². The lowest BCUT2D eigenvalue weighted by atomic mass is 10.1. The minimum Gasteiger partial charge on any atom is -0.310 e. The lowest BCUT2D eigenvalue weighted by molar-refractivity contribution is 0.562. The Kier molecular flexibility index (Phi) is 4.84. The Bertz CT molecular complexity index is 342. The van der Waals surface area contributed by atoms with Gasteiger partial charge >= 0.3 is 0 Å². The molecule has 1 rings (SSSR count). The van der Waals surface area contributed by atoms with E-state index in [2.05, 4.69) is 12.2 Å². The SMILES string of the molecule is CCCNC(C)c1c(Cl)ccc(F)c1Cl. The van der Waals surface area contributed by atoms with Crippen molar-refractivity contribution in [3.8, 4) is 0 Å². The van der Waals surface area contributed by atoms with E-state index < -0.39 is 5.82 Å². The summed E-state index contributed by atoms with van der Waals surface area (Å²) in [6.07, 6.45) is 1.01. The number of hydrogen-bond donors (Lipinski definition) is 1. The number of nitrogens with one attached hydrogen (secondary N) is 1. The Balaban J connectivity index is 2.96. The van der Waals surface area contributed by atoms with Gasteiger partial charge in [-0.3, -0.25) is 0 Å². The summed E-state index contributed by atoms with van der Waals surface area (Å²) < 4.78 is 13.2. The third kappa shape index (κ3) is 3.07. The highest BCUT2D eigenvalue weighted by atomic mass is 35.5. The van der Waals surface area contributed by atoms with Gasteiger partial charge in [-0.2, -0.15) is 0 Å². The molecule has 1 aromatic rings. The van der Waals surface area contributed by atoms with Crippen molar-refractivity contribution in [1.82, 2.24) is 5.32 Å². The average molecular weight is 250 g/mol. The first kappa shape index (κ1) is 12.8. The number of benzene rings is 1. The van der Waals surface area contributed by atoms with Crippen LogP contribution in [0.15, 0.2) is 12.1 Å². The van der Waals surface area contributed by atoms with Crippen LogP contribution in [0, 0.1) is 5.82 Å². The van der Waals surface area contributed by atoms with Crippen molar-refractivity contribution in [2.24, 2.45) is 0 Å². The van der Waals surface area contributed by atoms with E-state index in [1.165, 1.54) is 12.1 Å². The molecule has 0 spiro atoms. The first-order valence-corrected chi connectivity index (χ1v) is 5.70. The van der Waals surface area contributed by atoms with E-state index in [1.54, 1.807) is 0 Å². The summed E-state index contributed by atoms with van der Waals surface area (Å²) >= 11 is 11.9. The molecular weight excluding hydrogens is 236 g/mol. The zero-order chi connectivity index (χ0) is 11.4. The van der Waals surface area contributed by atoms with Gasteiger partial charge in [-0.25, -0.2) is 4.39 Å². The van der Waals surface area contributed by atoms with E-state index in [1.807, 2.05) is 6.92 Å². The van der Waals surface area contributed by atoms with Crippen LogP contribution in [0.25, 0.3) is 0 Å². The van der Waals surface area contributed by atoms with Crippen LogP contribution in [0.4, 0.5) is 4.39 Å². The van der Waals surface area contributed by atoms with Gasteiger partial charge in [0.05, 0.1) is 5.02 Å². The highest BCUT2D eigenvalue weighted by Crippen LogP contribution is 2.32. The van der Waals surface area contributed by atoms with E-state index in [4.69, 9.17) is 23.2 Å². The van der Waals surface area contributed by atoms with Gasteiger partial charge in [0.2, 0.25) is 0 Å². The van der Waals surface area contributed by atoms with Crippen LogP contribution >= 0.6 is 23.2 Å². The first-order chi connectivity index (χ1) is 7.07. The summed E-state index contributed by atoms with van der Waals surface area (Å²) in [5, 5.41) is 3.83. The van der Waals surface area contributed by atoms with Crippen LogP contribution in [0.1, 0.15) is 31.9 Å². The van der Waals surface area contributed by atoms with Crippen molar-refractivity contribution in [3.63, 3.8) is 0 Å². The Labute approximate surface area is 99.6 Å². The second kappa shape index (κ2) is 5.69. The normalized spacial score (nSPS) is 12.9. The summed E-state index contributed by atoms with van der Waals surface area (Å²) in [6, 6.07) is 2.77. The van der Waals surface area contributed by atoms with Crippen LogP contribution < -0.4 is 5.32 Å². The fourth-order valence-electron chi connectivity index (χ4n) is 1.40. The van der Waals surface area contributed by atoms with Gasteiger partial charge in [-0.15, -0.1) is 0 Å². The zero-order valence-electron chi connectivity index (χ0n) is 8.78. The molecule has 0 fully saturated rings. The van der Waals surface area contributed by atoms with E-state index in [-0.39, 0.29) is 11.1 Å². The molecule has 1 N–H and O–H groups in total. The minimum atomic E-state index is -0.429.